The van der Waals surface area contributed by atoms with Crippen molar-refractivity contribution < 1.29 is 0 Å². The Kier molecular flexibility index (Phi) is 3.52. The minimum atomic E-state index is 0.405. The first-order chi connectivity index (χ1) is 10.2. The van der Waals surface area contributed by atoms with Crippen LogP contribution in [0.15, 0.2) is 42.6 Å². The monoisotopic (exact) mass is 313 g/mol. The molecule has 7 heteroatoms. The molecular formula is C14H8ClN5S. The maximum absolute atomic E-state index is 8.91. The molecular weight excluding hydrogens is 306 g/mol. The van der Waals surface area contributed by atoms with Crippen molar-refractivity contribution in [1.82, 2.24) is 19.7 Å². The zero-order chi connectivity index (χ0) is 14.8. The van der Waals surface area contributed by atoms with Crippen LogP contribution in [0.4, 0.5) is 0 Å². The normalized spacial score (nSPS) is 10.3. The highest BCUT2D eigenvalue weighted by atomic mass is 35.5. The van der Waals surface area contributed by atoms with Gasteiger partial charge in [-0.3, -0.25) is 14.6 Å². The largest absolute Gasteiger partial charge is 0.265 e. The van der Waals surface area contributed by atoms with Gasteiger partial charge >= 0.3 is 0 Å². The fourth-order valence-corrected chi connectivity index (χ4v) is 2.44. The van der Waals surface area contributed by atoms with Crippen LogP contribution in [-0.2, 0) is 0 Å². The van der Waals surface area contributed by atoms with E-state index >= 15 is 0 Å². The lowest BCUT2D eigenvalue weighted by atomic mass is 10.2. The number of benzene rings is 1. The van der Waals surface area contributed by atoms with Gasteiger partial charge in [0.15, 0.2) is 10.6 Å². The Hall–Kier alpha value is -2.49. The van der Waals surface area contributed by atoms with Gasteiger partial charge in [0, 0.05) is 6.20 Å². The van der Waals surface area contributed by atoms with Crippen LogP contribution < -0.4 is 0 Å². The van der Waals surface area contributed by atoms with E-state index in [1.54, 1.807) is 29.0 Å². The van der Waals surface area contributed by atoms with Crippen molar-refractivity contribution in [2.24, 2.45) is 0 Å². The Labute approximate surface area is 130 Å². The third-order valence-electron chi connectivity index (χ3n) is 2.88. The first-order valence-electron chi connectivity index (χ1n) is 5.99. The van der Waals surface area contributed by atoms with E-state index in [2.05, 4.69) is 15.2 Å². The van der Waals surface area contributed by atoms with Gasteiger partial charge in [0.25, 0.3) is 0 Å². The van der Waals surface area contributed by atoms with Gasteiger partial charge in [0.05, 0.1) is 22.3 Å². The van der Waals surface area contributed by atoms with Crippen LogP contribution in [-0.4, -0.2) is 19.7 Å². The molecule has 3 rings (SSSR count). The molecule has 0 aliphatic heterocycles. The molecule has 0 atom stereocenters. The molecule has 2 aromatic heterocycles. The third-order valence-corrected chi connectivity index (χ3v) is 3.46. The standard InChI is InChI=1S/C14H8ClN5S/c15-10-7-9(8-16)4-5-12(10)20-13(18-19-14(20)21)11-3-1-2-6-17-11/h1-7H,(H,19,21). The van der Waals surface area contributed by atoms with Crippen molar-refractivity contribution in [3.05, 3.63) is 58.0 Å². The van der Waals surface area contributed by atoms with Crippen molar-refractivity contribution in [3.63, 3.8) is 0 Å². The second-order valence-corrected chi connectivity index (χ2v) is 4.97. The lowest BCUT2D eigenvalue weighted by Crippen LogP contribution is -2.00. The molecule has 5 nitrogen and oxygen atoms in total. The predicted molar refractivity (Wildman–Crippen MR) is 81.7 cm³/mol. The lowest BCUT2D eigenvalue weighted by molar-refractivity contribution is 1.03. The number of H-pyrrole nitrogens is 1. The second-order valence-electron chi connectivity index (χ2n) is 4.18. The minimum absolute atomic E-state index is 0.405. The molecule has 0 unspecified atom stereocenters. The number of nitrogens with one attached hydrogen (secondary N) is 1. The molecule has 1 aromatic carbocycles. The molecule has 0 fully saturated rings. The number of hydrogen-bond acceptors (Lipinski definition) is 4. The van der Waals surface area contributed by atoms with Gasteiger partial charge in [0.2, 0.25) is 0 Å². The van der Waals surface area contributed by atoms with Crippen LogP contribution in [0.5, 0.6) is 0 Å². The van der Waals surface area contributed by atoms with Crippen LogP contribution in [0.3, 0.4) is 0 Å². The molecule has 0 aliphatic rings. The van der Waals surface area contributed by atoms with E-state index in [1.807, 2.05) is 24.3 Å². The van der Waals surface area contributed by atoms with E-state index in [-0.39, 0.29) is 0 Å². The van der Waals surface area contributed by atoms with Gasteiger partial charge in [0.1, 0.15) is 5.69 Å². The molecule has 0 aliphatic carbocycles. The van der Waals surface area contributed by atoms with Crippen LogP contribution in [0.2, 0.25) is 5.02 Å². The molecule has 0 bridgehead atoms. The van der Waals surface area contributed by atoms with E-state index in [4.69, 9.17) is 29.1 Å². The Bertz CT molecular complexity index is 892. The Morgan fingerprint density at radius 3 is 2.81 bits per heavy atom. The summed E-state index contributed by atoms with van der Waals surface area (Å²) in [6, 6.07) is 12.6. The molecule has 102 valence electrons. The van der Waals surface area contributed by atoms with Crippen molar-refractivity contribution in [3.8, 4) is 23.3 Å². The topological polar surface area (TPSA) is 70.3 Å². The van der Waals surface area contributed by atoms with Gasteiger partial charge < -0.3 is 0 Å². The molecule has 0 radical (unpaired) electrons. The fourth-order valence-electron chi connectivity index (χ4n) is 1.95. The first-order valence-corrected chi connectivity index (χ1v) is 6.78. The van der Waals surface area contributed by atoms with E-state index in [0.717, 1.165) is 0 Å². The summed E-state index contributed by atoms with van der Waals surface area (Å²) in [4.78, 5) is 4.27. The molecule has 3 aromatic rings. The van der Waals surface area contributed by atoms with Gasteiger partial charge in [-0.05, 0) is 42.5 Å². The number of hydrogen-bond donors (Lipinski definition) is 1. The van der Waals surface area contributed by atoms with Gasteiger partial charge in [-0.1, -0.05) is 17.7 Å². The van der Waals surface area contributed by atoms with E-state index < -0.39 is 0 Å². The van der Waals surface area contributed by atoms with Crippen LogP contribution in [0, 0.1) is 16.1 Å². The number of nitrogens with zero attached hydrogens (tertiary/aromatic N) is 4. The Balaban J connectivity index is 2.23. The average molecular weight is 314 g/mol. The van der Waals surface area contributed by atoms with Crippen molar-refractivity contribution >= 4 is 23.8 Å². The van der Waals surface area contributed by atoms with E-state index in [0.29, 0.717) is 32.6 Å². The molecule has 2 heterocycles. The van der Waals surface area contributed by atoms with Gasteiger partial charge in [-0.25, -0.2) is 0 Å². The highest BCUT2D eigenvalue weighted by Crippen LogP contribution is 2.26. The number of aromatic nitrogens is 4. The van der Waals surface area contributed by atoms with Crippen molar-refractivity contribution in [2.75, 3.05) is 0 Å². The summed E-state index contributed by atoms with van der Waals surface area (Å²) < 4.78 is 2.10. The third kappa shape index (κ3) is 2.44. The first kappa shape index (κ1) is 13.5. The molecule has 0 spiro atoms. The molecule has 0 amide bonds. The summed E-state index contributed by atoms with van der Waals surface area (Å²) >= 11 is 11.5. The highest BCUT2D eigenvalue weighted by molar-refractivity contribution is 7.71. The maximum atomic E-state index is 8.91. The maximum Gasteiger partial charge on any atom is 0.200 e. The summed E-state index contributed by atoms with van der Waals surface area (Å²) in [5.74, 6) is 0.562. The smallest absolute Gasteiger partial charge is 0.200 e. The zero-order valence-corrected chi connectivity index (χ0v) is 12.2. The molecule has 0 saturated carbocycles. The van der Waals surface area contributed by atoms with Crippen molar-refractivity contribution in [1.29, 1.82) is 5.26 Å². The Morgan fingerprint density at radius 2 is 2.14 bits per heavy atom. The minimum Gasteiger partial charge on any atom is -0.265 e. The fraction of sp³-hybridized carbons (Fsp3) is 0. The molecule has 0 saturated heterocycles. The Morgan fingerprint density at radius 1 is 1.29 bits per heavy atom. The number of rotatable bonds is 2. The summed E-state index contributed by atoms with van der Waals surface area (Å²) in [5.41, 5.74) is 1.80. The summed E-state index contributed by atoms with van der Waals surface area (Å²) in [6.07, 6.45) is 1.68. The second kappa shape index (κ2) is 5.48. The number of aromatic amines is 1. The lowest BCUT2D eigenvalue weighted by Gasteiger charge is -2.08. The summed E-state index contributed by atoms with van der Waals surface area (Å²) in [6.45, 7) is 0. The van der Waals surface area contributed by atoms with E-state index in [1.165, 1.54) is 0 Å². The van der Waals surface area contributed by atoms with Gasteiger partial charge in [-0.15, -0.1) is 0 Å². The SMILES string of the molecule is N#Cc1ccc(-n2c(-c3ccccn3)n[nH]c2=S)c(Cl)c1. The zero-order valence-electron chi connectivity index (χ0n) is 10.6. The summed E-state index contributed by atoms with van der Waals surface area (Å²) in [5, 5.41) is 16.3. The van der Waals surface area contributed by atoms with Crippen LogP contribution in [0.1, 0.15) is 5.56 Å². The number of pyridine rings is 1. The number of nitriles is 1. The summed E-state index contributed by atoms with van der Waals surface area (Å²) in [7, 11) is 0. The molecule has 21 heavy (non-hydrogen) atoms. The van der Waals surface area contributed by atoms with E-state index in [9.17, 15) is 0 Å². The number of halogens is 1. The van der Waals surface area contributed by atoms with Crippen LogP contribution >= 0.6 is 23.8 Å². The highest BCUT2D eigenvalue weighted by Gasteiger charge is 2.14. The quantitative estimate of drug-likeness (QED) is 0.735. The average Bonchev–Trinajstić information content (AvgIpc) is 2.89. The predicted octanol–water partition coefficient (Wildman–Crippen LogP) is 3.52. The van der Waals surface area contributed by atoms with Crippen LogP contribution in [0.25, 0.3) is 17.2 Å². The van der Waals surface area contributed by atoms with Gasteiger partial charge in [-0.2, -0.15) is 10.4 Å². The molecule has 1 N–H and O–H groups in total. The van der Waals surface area contributed by atoms with Crippen molar-refractivity contribution in [2.45, 2.75) is 0 Å².